The lowest BCUT2D eigenvalue weighted by Gasteiger charge is -2.38. The molecule has 6 amide bonds. The number of carbonyl (C=O) groups excluding carboxylic acids is 6. The van der Waals surface area contributed by atoms with Gasteiger partial charge in [-0.15, -0.1) is 0 Å². The van der Waals surface area contributed by atoms with Crippen LogP contribution in [0.5, 0.6) is 0 Å². The van der Waals surface area contributed by atoms with Gasteiger partial charge in [-0.1, -0.05) is 0 Å². The van der Waals surface area contributed by atoms with Crippen LogP contribution in [-0.4, -0.2) is 51.7 Å². The Labute approximate surface area is 177 Å². The van der Waals surface area contributed by atoms with E-state index in [0.717, 1.165) is 4.90 Å². The third-order valence-electron chi connectivity index (χ3n) is 4.90. The summed E-state index contributed by atoms with van der Waals surface area (Å²) in [6.07, 6.45) is -0.888. The van der Waals surface area contributed by atoms with Crippen LogP contribution >= 0.6 is 0 Å². The van der Waals surface area contributed by atoms with Crippen molar-refractivity contribution in [3.63, 3.8) is 0 Å². The van der Waals surface area contributed by atoms with Crippen molar-refractivity contribution in [2.45, 2.75) is 51.7 Å². The highest BCUT2D eigenvalue weighted by Gasteiger charge is 2.52. The second-order valence-electron chi connectivity index (χ2n) is 8.44. The van der Waals surface area contributed by atoms with Gasteiger partial charge in [0.25, 0.3) is 23.6 Å². The Morgan fingerprint density at radius 3 is 2.32 bits per heavy atom. The summed E-state index contributed by atoms with van der Waals surface area (Å²) in [7, 11) is 0. The van der Waals surface area contributed by atoms with Crippen LogP contribution in [0.2, 0.25) is 0 Å². The van der Waals surface area contributed by atoms with Crippen LogP contribution in [0.4, 0.5) is 4.79 Å². The van der Waals surface area contributed by atoms with E-state index in [1.807, 2.05) is 0 Å². The van der Waals surface area contributed by atoms with Crippen molar-refractivity contribution in [2.75, 3.05) is 0 Å². The van der Waals surface area contributed by atoms with E-state index in [9.17, 15) is 28.8 Å². The molecule has 3 rings (SSSR count). The van der Waals surface area contributed by atoms with Crippen molar-refractivity contribution < 1.29 is 33.5 Å². The minimum Gasteiger partial charge on any atom is -0.443 e. The molecule has 2 heterocycles. The van der Waals surface area contributed by atoms with Crippen molar-refractivity contribution in [3.05, 3.63) is 34.9 Å². The second-order valence-corrected chi connectivity index (χ2v) is 8.44. The fourth-order valence-electron chi connectivity index (χ4n) is 3.32. The predicted octanol–water partition coefficient (Wildman–Crippen LogP) is 0.647. The molecule has 0 bridgehead atoms. The van der Waals surface area contributed by atoms with Gasteiger partial charge < -0.3 is 4.74 Å². The fraction of sp³-hybridized carbons (Fsp3) is 0.400. The lowest BCUT2D eigenvalue weighted by molar-refractivity contribution is -0.140. The molecule has 1 aromatic rings. The molecule has 0 aromatic heterocycles. The number of nitrogens with one attached hydrogen (secondary N) is 3. The molecule has 2 aliphatic heterocycles. The minimum absolute atomic E-state index is 0.00368. The standard InChI is InChI=1S/C20H22N4O7/c1-19(2,3)31-18(30)23-22-14(26)10-5-6-11-12(9-10)16(28)24(15(11)27)20(4)8-7-13(25)21-17(20)29/h5-6,9H,7-8H2,1-4H3,(H,22,26)(H,23,30)(H,21,25,29)/t20-/m1/s1. The predicted molar refractivity (Wildman–Crippen MR) is 105 cm³/mol. The minimum atomic E-state index is -1.53. The van der Waals surface area contributed by atoms with Gasteiger partial charge in [-0.25, -0.2) is 10.2 Å². The van der Waals surface area contributed by atoms with Crippen LogP contribution in [0.15, 0.2) is 18.2 Å². The Morgan fingerprint density at radius 1 is 1.06 bits per heavy atom. The number of benzene rings is 1. The highest BCUT2D eigenvalue weighted by Crippen LogP contribution is 2.34. The smallest absolute Gasteiger partial charge is 0.426 e. The normalized spacial score (nSPS) is 20.8. The molecular formula is C20H22N4O7. The lowest BCUT2D eigenvalue weighted by Crippen LogP contribution is -2.62. The molecule has 2 aliphatic rings. The molecule has 1 fully saturated rings. The Hall–Kier alpha value is -3.76. The summed E-state index contributed by atoms with van der Waals surface area (Å²) in [5.74, 6) is -3.39. The van der Waals surface area contributed by atoms with Gasteiger partial charge in [0.1, 0.15) is 11.1 Å². The van der Waals surface area contributed by atoms with Gasteiger partial charge in [0.2, 0.25) is 5.91 Å². The maximum Gasteiger partial charge on any atom is 0.426 e. The third-order valence-corrected chi connectivity index (χ3v) is 4.90. The Morgan fingerprint density at radius 2 is 1.71 bits per heavy atom. The van der Waals surface area contributed by atoms with Crippen molar-refractivity contribution in [3.8, 4) is 0 Å². The van der Waals surface area contributed by atoms with E-state index in [1.165, 1.54) is 25.1 Å². The molecule has 0 unspecified atom stereocenters. The fourth-order valence-corrected chi connectivity index (χ4v) is 3.32. The summed E-state index contributed by atoms with van der Waals surface area (Å²) in [5.41, 5.74) is 1.95. The van der Waals surface area contributed by atoms with Gasteiger partial charge in [0.15, 0.2) is 0 Å². The summed E-state index contributed by atoms with van der Waals surface area (Å²) >= 11 is 0. The summed E-state index contributed by atoms with van der Waals surface area (Å²) in [5, 5.41) is 2.15. The first-order chi connectivity index (χ1) is 14.3. The zero-order valence-electron chi connectivity index (χ0n) is 17.5. The Kier molecular flexibility index (Phi) is 5.30. The quantitative estimate of drug-likeness (QED) is 0.460. The van der Waals surface area contributed by atoms with E-state index in [0.29, 0.717) is 0 Å². The first kappa shape index (κ1) is 21.9. The lowest BCUT2D eigenvalue weighted by atomic mass is 9.89. The molecule has 0 aliphatic carbocycles. The van der Waals surface area contributed by atoms with Crippen molar-refractivity contribution in [1.82, 2.24) is 21.1 Å². The van der Waals surface area contributed by atoms with Crippen LogP contribution in [0.1, 0.15) is 71.6 Å². The van der Waals surface area contributed by atoms with Gasteiger partial charge in [-0.2, -0.15) is 0 Å². The Balaban J connectivity index is 1.78. The van der Waals surface area contributed by atoms with Crippen LogP contribution in [-0.2, 0) is 14.3 Å². The molecule has 0 spiro atoms. The van der Waals surface area contributed by atoms with Gasteiger partial charge >= 0.3 is 6.09 Å². The van der Waals surface area contributed by atoms with Crippen molar-refractivity contribution in [1.29, 1.82) is 0 Å². The number of hydrogen-bond acceptors (Lipinski definition) is 7. The first-order valence-corrected chi connectivity index (χ1v) is 9.50. The van der Waals surface area contributed by atoms with Crippen molar-refractivity contribution >= 4 is 35.6 Å². The zero-order chi connectivity index (χ0) is 23.1. The summed E-state index contributed by atoms with van der Waals surface area (Å²) in [6, 6.07) is 3.82. The number of nitrogens with zero attached hydrogens (tertiary/aromatic N) is 1. The maximum atomic E-state index is 13.0. The number of ether oxygens (including phenoxy) is 1. The molecule has 31 heavy (non-hydrogen) atoms. The monoisotopic (exact) mass is 430 g/mol. The van der Waals surface area contributed by atoms with Gasteiger partial charge in [-0.05, 0) is 52.3 Å². The van der Waals surface area contributed by atoms with Crippen LogP contribution in [0.25, 0.3) is 0 Å². The van der Waals surface area contributed by atoms with Crippen LogP contribution in [0.3, 0.4) is 0 Å². The topological polar surface area (TPSA) is 151 Å². The van der Waals surface area contributed by atoms with Gasteiger partial charge in [-0.3, -0.25) is 39.6 Å². The van der Waals surface area contributed by atoms with E-state index < -0.39 is 46.8 Å². The number of carbonyl (C=O) groups is 6. The molecular weight excluding hydrogens is 408 g/mol. The average molecular weight is 430 g/mol. The van der Waals surface area contributed by atoms with Gasteiger partial charge in [0, 0.05) is 12.0 Å². The zero-order valence-corrected chi connectivity index (χ0v) is 17.5. The SMILES string of the molecule is CC(C)(C)OC(=O)NNC(=O)c1ccc2c(c1)C(=O)N([C@]1(C)CCC(=O)NC1=O)C2=O. The molecule has 0 saturated carbocycles. The number of amides is 6. The highest BCUT2D eigenvalue weighted by atomic mass is 16.6. The number of piperidine rings is 1. The molecule has 1 atom stereocenters. The van der Waals surface area contributed by atoms with Crippen molar-refractivity contribution in [2.24, 2.45) is 0 Å². The maximum absolute atomic E-state index is 13.0. The number of hydrazine groups is 1. The molecule has 1 saturated heterocycles. The summed E-state index contributed by atoms with van der Waals surface area (Å²) in [6.45, 7) is 6.39. The largest absolute Gasteiger partial charge is 0.443 e. The summed E-state index contributed by atoms with van der Waals surface area (Å²) < 4.78 is 5.01. The van der Waals surface area contributed by atoms with E-state index in [1.54, 1.807) is 20.8 Å². The van der Waals surface area contributed by atoms with E-state index >= 15 is 0 Å². The number of imide groups is 2. The molecule has 0 radical (unpaired) electrons. The molecule has 11 nitrogen and oxygen atoms in total. The number of rotatable bonds is 2. The molecule has 3 N–H and O–H groups in total. The molecule has 1 aromatic carbocycles. The van der Waals surface area contributed by atoms with E-state index in [2.05, 4.69) is 16.2 Å². The third kappa shape index (κ3) is 4.11. The average Bonchev–Trinajstić information content (AvgIpc) is 2.92. The van der Waals surface area contributed by atoms with Gasteiger partial charge in [0.05, 0.1) is 11.1 Å². The summed E-state index contributed by atoms with van der Waals surface area (Å²) in [4.78, 5) is 74.5. The van der Waals surface area contributed by atoms with Crippen LogP contribution < -0.4 is 16.2 Å². The highest BCUT2D eigenvalue weighted by molar-refractivity contribution is 6.24. The van der Waals surface area contributed by atoms with E-state index in [-0.39, 0.29) is 29.5 Å². The Bertz CT molecular complexity index is 1030. The second kappa shape index (κ2) is 7.49. The van der Waals surface area contributed by atoms with E-state index in [4.69, 9.17) is 4.74 Å². The first-order valence-electron chi connectivity index (χ1n) is 9.50. The molecule has 11 heteroatoms. The van der Waals surface area contributed by atoms with Crippen LogP contribution in [0, 0.1) is 0 Å². The number of hydrogen-bond donors (Lipinski definition) is 3. The number of fused-ring (bicyclic) bond motifs is 1. The molecule has 164 valence electrons.